The first-order chi connectivity index (χ1) is 5.77. The molecule has 0 saturated heterocycles. The highest BCUT2D eigenvalue weighted by Crippen LogP contribution is 2.04. The van der Waals surface area contributed by atoms with E-state index in [-0.39, 0.29) is 5.69 Å². The van der Waals surface area contributed by atoms with E-state index in [1.165, 1.54) is 0 Å². The Labute approximate surface area is 72.8 Å². The van der Waals surface area contributed by atoms with Gasteiger partial charge in [-0.3, -0.25) is 9.78 Å². The second-order valence-corrected chi connectivity index (χ2v) is 2.58. The standard InChI is InChI=1S/C7H4ClN3O/c8-7(12)5-4-11-2-1-9-3-6(11)10-5/h1-4H. The zero-order chi connectivity index (χ0) is 8.55. The minimum Gasteiger partial charge on any atom is -0.303 e. The van der Waals surface area contributed by atoms with Crippen molar-refractivity contribution in [2.24, 2.45) is 0 Å². The summed E-state index contributed by atoms with van der Waals surface area (Å²) in [6.07, 6.45) is 6.43. The molecule has 0 radical (unpaired) electrons. The molecule has 0 atom stereocenters. The molecule has 2 aromatic heterocycles. The van der Waals surface area contributed by atoms with Crippen LogP contribution in [0.4, 0.5) is 0 Å². The molecular formula is C7H4ClN3O. The molecule has 0 bridgehead atoms. The van der Waals surface area contributed by atoms with Gasteiger partial charge in [-0.25, -0.2) is 4.98 Å². The van der Waals surface area contributed by atoms with Crippen LogP contribution in [0.3, 0.4) is 0 Å². The Morgan fingerprint density at radius 3 is 3.08 bits per heavy atom. The van der Waals surface area contributed by atoms with Crippen LogP contribution in [-0.2, 0) is 0 Å². The number of carbonyl (C=O) groups is 1. The average molecular weight is 182 g/mol. The molecule has 0 aliphatic rings. The number of aromatic nitrogens is 3. The van der Waals surface area contributed by atoms with Gasteiger partial charge in [-0.2, -0.15) is 0 Å². The highest BCUT2D eigenvalue weighted by atomic mass is 35.5. The maximum Gasteiger partial charge on any atom is 0.272 e. The first kappa shape index (κ1) is 7.24. The largest absolute Gasteiger partial charge is 0.303 e. The maximum atomic E-state index is 10.7. The van der Waals surface area contributed by atoms with Crippen LogP contribution in [0.25, 0.3) is 5.65 Å². The lowest BCUT2D eigenvalue weighted by Crippen LogP contribution is -1.86. The number of halogens is 1. The molecule has 60 valence electrons. The van der Waals surface area contributed by atoms with Crippen LogP contribution >= 0.6 is 11.6 Å². The number of fused-ring (bicyclic) bond motifs is 1. The van der Waals surface area contributed by atoms with Crippen LogP contribution in [-0.4, -0.2) is 19.6 Å². The van der Waals surface area contributed by atoms with Gasteiger partial charge in [0.1, 0.15) is 5.69 Å². The zero-order valence-electron chi connectivity index (χ0n) is 5.94. The smallest absolute Gasteiger partial charge is 0.272 e. The first-order valence-corrected chi connectivity index (χ1v) is 3.64. The summed E-state index contributed by atoms with van der Waals surface area (Å²) in [6, 6.07) is 0. The monoisotopic (exact) mass is 181 g/mol. The van der Waals surface area contributed by atoms with Crippen molar-refractivity contribution in [1.29, 1.82) is 0 Å². The van der Waals surface area contributed by atoms with Gasteiger partial charge in [-0.1, -0.05) is 0 Å². The fraction of sp³-hybridized carbons (Fsp3) is 0. The average Bonchev–Trinajstić information content (AvgIpc) is 2.46. The minimum absolute atomic E-state index is 0.240. The van der Waals surface area contributed by atoms with Crippen molar-refractivity contribution in [1.82, 2.24) is 14.4 Å². The van der Waals surface area contributed by atoms with Crippen LogP contribution in [0.1, 0.15) is 10.5 Å². The van der Waals surface area contributed by atoms with Crippen molar-refractivity contribution in [3.63, 3.8) is 0 Å². The Kier molecular flexibility index (Phi) is 1.55. The van der Waals surface area contributed by atoms with E-state index in [9.17, 15) is 4.79 Å². The molecule has 12 heavy (non-hydrogen) atoms. The topological polar surface area (TPSA) is 47.3 Å². The fourth-order valence-corrected chi connectivity index (χ4v) is 1.03. The van der Waals surface area contributed by atoms with E-state index < -0.39 is 5.24 Å². The van der Waals surface area contributed by atoms with Gasteiger partial charge in [0, 0.05) is 18.6 Å². The lowest BCUT2D eigenvalue weighted by Gasteiger charge is -1.85. The molecular weight excluding hydrogens is 178 g/mol. The van der Waals surface area contributed by atoms with E-state index in [1.54, 1.807) is 29.2 Å². The van der Waals surface area contributed by atoms with E-state index >= 15 is 0 Å². The van der Waals surface area contributed by atoms with Gasteiger partial charge in [0.15, 0.2) is 5.65 Å². The quantitative estimate of drug-likeness (QED) is 0.620. The third-order valence-electron chi connectivity index (χ3n) is 1.47. The van der Waals surface area contributed by atoms with Gasteiger partial charge in [0.05, 0.1) is 6.20 Å². The summed E-state index contributed by atoms with van der Waals surface area (Å²) in [4.78, 5) is 18.5. The third-order valence-corrected chi connectivity index (χ3v) is 1.66. The number of carbonyl (C=O) groups excluding carboxylic acids is 1. The number of hydrogen-bond acceptors (Lipinski definition) is 3. The molecule has 0 amide bonds. The van der Waals surface area contributed by atoms with Crippen LogP contribution in [0.15, 0.2) is 24.8 Å². The van der Waals surface area contributed by atoms with Gasteiger partial charge < -0.3 is 4.40 Å². The highest BCUT2D eigenvalue weighted by molar-refractivity contribution is 6.67. The van der Waals surface area contributed by atoms with Crippen molar-refractivity contribution < 1.29 is 4.79 Å². The lowest BCUT2D eigenvalue weighted by atomic mass is 10.5. The van der Waals surface area contributed by atoms with Crippen molar-refractivity contribution in [3.8, 4) is 0 Å². The molecule has 0 N–H and O–H groups in total. The van der Waals surface area contributed by atoms with E-state index in [1.807, 2.05) is 0 Å². The van der Waals surface area contributed by atoms with E-state index in [0.717, 1.165) is 0 Å². The summed E-state index contributed by atoms with van der Waals surface area (Å²) in [7, 11) is 0. The number of rotatable bonds is 1. The van der Waals surface area contributed by atoms with Gasteiger partial charge in [0.25, 0.3) is 5.24 Å². The summed E-state index contributed by atoms with van der Waals surface area (Å²) < 4.78 is 1.68. The predicted octanol–water partition coefficient (Wildman–Crippen LogP) is 1.11. The second kappa shape index (κ2) is 2.57. The van der Waals surface area contributed by atoms with Gasteiger partial charge in [-0.15, -0.1) is 0 Å². The first-order valence-electron chi connectivity index (χ1n) is 3.26. The summed E-state index contributed by atoms with van der Waals surface area (Å²) in [5.74, 6) is 0. The molecule has 2 rings (SSSR count). The van der Waals surface area contributed by atoms with E-state index in [4.69, 9.17) is 11.6 Å². The number of hydrogen-bond donors (Lipinski definition) is 0. The molecule has 0 saturated carbocycles. The summed E-state index contributed by atoms with van der Waals surface area (Å²) in [6.45, 7) is 0. The van der Waals surface area contributed by atoms with Crippen molar-refractivity contribution >= 4 is 22.5 Å². The fourth-order valence-electron chi connectivity index (χ4n) is 0.938. The zero-order valence-corrected chi connectivity index (χ0v) is 6.69. The van der Waals surface area contributed by atoms with Crippen molar-refractivity contribution in [2.75, 3.05) is 0 Å². The van der Waals surface area contributed by atoms with Crippen LogP contribution in [0, 0.1) is 0 Å². The maximum absolute atomic E-state index is 10.7. The predicted molar refractivity (Wildman–Crippen MR) is 43.2 cm³/mol. The molecule has 0 aromatic carbocycles. The molecule has 0 unspecified atom stereocenters. The van der Waals surface area contributed by atoms with E-state index in [2.05, 4.69) is 9.97 Å². The minimum atomic E-state index is -0.557. The molecule has 2 heterocycles. The lowest BCUT2D eigenvalue weighted by molar-refractivity contribution is 0.107. The van der Waals surface area contributed by atoms with Crippen LogP contribution < -0.4 is 0 Å². The highest BCUT2D eigenvalue weighted by Gasteiger charge is 2.06. The normalized spacial score (nSPS) is 10.4. The summed E-state index contributed by atoms with van der Waals surface area (Å²) in [5.41, 5.74) is 0.853. The van der Waals surface area contributed by atoms with E-state index in [0.29, 0.717) is 5.65 Å². The molecule has 0 aliphatic heterocycles. The Hall–Kier alpha value is -1.42. The second-order valence-electron chi connectivity index (χ2n) is 2.24. The summed E-state index contributed by atoms with van der Waals surface area (Å²) >= 11 is 5.24. The molecule has 4 nitrogen and oxygen atoms in total. The van der Waals surface area contributed by atoms with Gasteiger partial charge in [0.2, 0.25) is 0 Å². The van der Waals surface area contributed by atoms with Crippen LogP contribution in [0.2, 0.25) is 0 Å². The number of nitrogens with zero attached hydrogens (tertiary/aromatic N) is 3. The summed E-state index contributed by atoms with van der Waals surface area (Å²) in [5, 5.41) is -0.557. The Balaban J connectivity index is 2.70. The Morgan fingerprint density at radius 2 is 2.42 bits per heavy atom. The molecule has 5 heteroatoms. The van der Waals surface area contributed by atoms with Gasteiger partial charge >= 0.3 is 0 Å². The molecule has 0 aliphatic carbocycles. The van der Waals surface area contributed by atoms with Crippen LogP contribution in [0.5, 0.6) is 0 Å². The Morgan fingerprint density at radius 1 is 1.58 bits per heavy atom. The SMILES string of the molecule is O=C(Cl)c1cn2ccncc2n1. The third kappa shape index (κ3) is 1.06. The van der Waals surface area contributed by atoms with Crippen molar-refractivity contribution in [3.05, 3.63) is 30.5 Å². The number of imidazole rings is 1. The Bertz CT molecular complexity index is 404. The molecule has 0 fully saturated rings. The van der Waals surface area contributed by atoms with Gasteiger partial charge in [-0.05, 0) is 11.6 Å². The molecule has 2 aromatic rings. The molecule has 0 spiro atoms. The van der Waals surface area contributed by atoms with Crippen molar-refractivity contribution in [2.45, 2.75) is 0 Å².